The van der Waals surface area contributed by atoms with Crippen LogP contribution in [-0.4, -0.2) is 24.3 Å². The summed E-state index contributed by atoms with van der Waals surface area (Å²) in [6.45, 7) is 3.46. The Labute approximate surface area is 126 Å². The molecule has 118 valence electrons. The quantitative estimate of drug-likeness (QED) is 0.344. The summed E-state index contributed by atoms with van der Waals surface area (Å²) in [7, 11) is 5.02. The van der Waals surface area contributed by atoms with E-state index in [1.54, 1.807) is 13.8 Å². The highest BCUT2D eigenvalue weighted by Gasteiger charge is 2.38. The fourth-order valence-electron chi connectivity index (χ4n) is 1.61. The molecule has 0 aliphatic heterocycles. The average molecular weight is 315 g/mol. The number of aromatic nitrogens is 2. The first kappa shape index (κ1) is 18.1. The number of hydrogen-bond donors (Lipinski definition) is 0. The molecule has 0 aromatic carbocycles. The SMILES string of the molecule is [B]N=CC(/C=C(\CC)c1noc(C(F)(F)F)n1)=C(\F)CCC. The molecule has 0 atom stereocenters. The van der Waals surface area contributed by atoms with Gasteiger partial charge in [0.2, 0.25) is 0 Å². The fraction of sp³-hybridized carbons (Fsp3) is 0.462. The van der Waals surface area contributed by atoms with Gasteiger partial charge in [0.25, 0.3) is 7.98 Å². The molecule has 0 spiro atoms. The summed E-state index contributed by atoms with van der Waals surface area (Å²) in [5.41, 5.74) is 0.347. The summed E-state index contributed by atoms with van der Waals surface area (Å²) >= 11 is 0. The third kappa shape index (κ3) is 4.82. The smallest absolute Gasteiger partial charge is 0.363 e. The van der Waals surface area contributed by atoms with Crippen LogP contribution in [0.1, 0.15) is 44.8 Å². The van der Waals surface area contributed by atoms with Crippen molar-refractivity contribution < 1.29 is 22.1 Å². The fourth-order valence-corrected chi connectivity index (χ4v) is 1.61. The second kappa shape index (κ2) is 7.91. The number of alkyl halides is 3. The number of nitrogens with zero attached hydrogens (tertiary/aromatic N) is 3. The van der Waals surface area contributed by atoms with Crippen LogP contribution in [0.4, 0.5) is 17.6 Å². The Morgan fingerprint density at radius 2 is 2.05 bits per heavy atom. The van der Waals surface area contributed by atoms with Crippen molar-refractivity contribution >= 4 is 19.8 Å². The maximum absolute atomic E-state index is 13.9. The highest BCUT2D eigenvalue weighted by molar-refractivity contribution is 6.11. The van der Waals surface area contributed by atoms with Gasteiger partial charge in [-0.2, -0.15) is 18.2 Å². The second-order valence-electron chi connectivity index (χ2n) is 4.33. The molecule has 1 aromatic heterocycles. The van der Waals surface area contributed by atoms with E-state index in [9.17, 15) is 17.6 Å². The van der Waals surface area contributed by atoms with Gasteiger partial charge in [-0.15, -0.1) is 0 Å². The van der Waals surface area contributed by atoms with Gasteiger partial charge in [-0.3, -0.25) is 0 Å². The molecule has 0 amide bonds. The molecule has 0 bridgehead atoms. The van der Waals surface area contributed by atoms with E-state index in [0.29, 0.717) is 6.42 Å². The van der Waals surface area contributed by atoms with Crippen LogP contribution >= 0.6 is 0 Å². The Morgan fingerprint density at radius 3 is 2.50 bits per heavy atom. The lowest BCUT2D eigenvalue weighted by molar-refractivity contribution is -0.159. The summed E-state index contributed by atoms with van der Waals surface area (Å²) in [5.74, 6) is -2.17. The van der Waals surface area contributed by atoms with Gasteiger partial charge in [0.05, 0.1) is 0 Å². The molecular weight excluding hydrogens is 301 g/mol. The summed E-state index contributed by atoms with van der Waals surface area (Å²) in [6, 6.07) is 0. The highest BCUT2D eigenvalue weighted by atomic mass is 19.4. The maximum Gasteiger partial charge on any atom is 0.471 e. The molecular formula is C13H14BF4N3O. The monoisotopic (exact) mass is 315 g/mol. The van der Waals surface area contributed by atoms with Crippen LogP contribution in [0, 0.1) is 0 Å². The molecule has 0 unspecified atom stereocenters. The van der Waals surface area contributed by atoms with Crippen molar-refractivity contribution in [3.05, 3.63) is 29.2 Å². The minimum absolute atomic E-state index is 0.0690. The van der Waals surface area contributed by atoms with Gasteiger partial charge in [0.15, 0.2) is 5.82 Å². The lowest BCUT2D eigenvalue weighted by Gasteiger charge is -2.03. The minimum atomic E-state index is -4.73. The average Bonchev–Trinajstić information content (AvgIpc) is 2.93. The second-order valence-corrected chi connectivity index (χ2v) is 4.33. The van der Waals surface area contributed by atoms with Crippen LogP contribution in [0.25, 0.3) is 5.57 Å². The van der Waals surface area contributed by atoms with E-state index in [2.05, 4.69) is 19.6 Å². The predicted molar refractivity (Wildman–Crippen MR) is 74.9 cm³/mol. The first-order valence-corrected chi connectivity index (χ1v) is 6.57. The molecule has 22 heavy (non-hydrogen) atoms. The molecule has 1 aromatic rings. The van der Waals surface area contributed by atoms with Crippen molar-refractivity contribution in [3.8, 4) is 0 Å². The van der Waals surface area contributed by atoms with Crippen LogP contribution in [0.2, 0.25) is 0 Å². The highest BCUT2D eigenvalue weighted by Crippen LogP contribution is 2.29. The van der Waals surface area contributed by atoms with Crippen LogP contribution in [0.5, 0.6) is 0 Å². The van der Waals surface area contributed by atoms with E-state index in [1.807, 2.05) is 0 Å². The molecule has 0 fully saturated rings. The van der Waals surface area contributed by atoms with Crippen LogP contribution in [0.3, 0.4) is 0 Å². The zero-order chi connectivity index (χ0) is 16.8. The van der Waals surface area contributed by atoms with Crippen molar-refractivity contribution in [1.29, 1.82) is 0 Å². The summed E-state index contributed by atoms with van der Waals surface area (Å²) in [5, 5.41) is 3.28. The maximum atomic E-state index is 13.9. The number of rotatable bonds is 6. The molecule has 0 saturated carbocycles. The largest absolute Gasteiger partial charge is 0.471 e. The Hall–Kier alpha value is -1.93. The van der Waals surface area contributed by atoms with E-state index >= 15 is 0 Å². The van der Waals surface area contributed by atoms with Crippen molar-refractivity contribution in [2.45, 2.75) is 39.3 Å². The van der Waals surface area contributed by atoms with Gasteiger partial charge in [0.1, 0.15) is 5.83 Å². The summed E-state index contributed by atoms with van der Waals surface area (Å²) in [4.78, 5) is 6.53. The van der Waals surface area contributed by atoms with Gasteiger partial charge in [-0.25, -0.2) is 4.39 Å². The first-order valence-electron chi connectivity index (χ1n) is 6.57. The Balaban J connectivity index is 3.23. The van der Waals surface area contributed by atoms with Gasteiger partial charge in [0, 0.05) is 17.4 Å². The molecule has 0 N–H and O–H groups in total. The lowest BCUT2D eigenvalue weighted by Crippen LogP contribution is -2.05. The predicted octanol–water partition coefficient (Wildman–Crippen LogP) is 4.06. The minimum Gasteiger partial charge on any atom is -0.363 e. The number of hydrogen-bond acceptors (Lipinski definition) is 4. The van der Waals surface area contributed by atoms with Crippen LogP contribution in [0.15, 0.2) is 26.9 Å². The standard InChI is InChI=1S/C13H14BF4N3O/c1-3-5-10(15)9(7-19-14)6-8(4-2)11-20-12(22-21-11)13(16,17)18/h6-7H,3-5H2,1-2H3/b8-6+,10-9-,19-7?. The first-order chi connectivity index (χ1) is 10.3. The van der Waals surface area contributed by atoms with Gasteiger partial charge in [-0.1, -0.05) is 19.0 Å². The van der Waals surface area contributed by atoms with Crippen molar-refractivity contribution in [3.63, 3.8) is 0 Å². The molecule has 4 nitrogen and oxygen atoms in total. The molecule has 0 saturated heterocycles. The van der Waals surface area contributed by atoms with E-state index in [0.717, 1.165) is 6.21 Å². The van der Waals surface area contributed by atoms with Crippen molar-refractivity contribution in [2.75, 3.05) is 0 Å². The molecule has 0 aliphatic rings. The van der Waals surface area contributed by atoms with E-state index in [1.165, 1.54) is 6.08 Å². The van der Waals surface area contributed by atoms with Crippen LogP contribution < -0.4 is 0 Å². The third-order valence-electron chi connectivity index (χ3n) is 2.66. The van der Waals surface area contributed by atoms with Crippen LogP contribution in [-0.2, 0) is 6.18 Å². The number of halogens is 4. The van der Waals surface area contributed by atoms with E-state index in [4.69, 9.17) is 7.98 Å². The summed E-state index contributed by atoms with van der Waals surface area (Å²) in [6.07, 6.45) is -1.33. The summed E-state index contributed by atoms with van der Waals surface area (Å²) < 4.78 is 55.4. The molecule has 2 radical (unpaired) electrons. The lowest BCUT2D eigenvalue weighted by atomic mass is 10.1. The Bertz CT molecular complexity index is 590. The van der Waals surface area contributed by atoms with Gasteiger partial charge in [-0.05, 0) is 25.3 Å². The van der Waals surface area contributed by atoms with Gasteiger partial charge < -0.3 is 9.43 Å². The van der Waals surface area contributed by atoms with Gasteiger partial charge >= 0.3 is 12.1 Å². The number of allylic oxidation sites excluding steroid dienone is 4. The van der Waals surface area contributed by atoms with Crippen molar-refractivity contribution in [2.24, 2.45) is 4.90 Å². The Morgan fingerprint density at radius 1 is 1.36 bits per heavy atom. The van der Waals surface area contributed by atoms with E-state index in [-0.39, 0.29) is 29.8 Å². The topological polar surface area (TPSA) is 51.3 Å². The molecule has 1 heterocycles. The zero-order valence-corrected chi connectivity index (χ0v) is 12.1. The zero-order valence-electron chi connectivity index (χ0n) is 12.1. The molecule has 0 aliphatic carbocycles. The third-order valence-corrected chi connectivity index (χ3v) is 2.66. The normalized spacial score (nSPS) is 14.5. The van der Waals surface area contributed by atoms with Crippen molar-refractivity contribution in [1.82, 2.24) is 10.1 Å². The molecule has 1 rings (SSSR count). The molecule has 9 heteroatoms. The van der Waals surface area contributed by atoms with E-state index < -0.39 is 17.9 Å². The Kier molecular flexibility index (Phi) is 6.51.